The molecule has 0 bridgehead atoms. The van der Waals surface area contributed by atoms with Gasteiger partial charge in [0.2, 0.25) is 5.91 Å². The third kappa shape index (κ3) is 2.67. The minimum absolute atomic E-state index is 0.194. The maximum atomic E-state index is 13.0. The van der Waals surface area contributed by atoms with Crippen molar-refractivity contribution in [2.45, 2.75) is 44.9 Å². The van der Waals surface area contributed by atoms with E-state index >= 15 is 0 Å². The molecule has 140 valence electrons. The molecule has 0 radical (unpaired) electrons. The number of carbonyl (C=O) groups is 1. The second-order valence-corrected chi connectivity index (χ2v) is 9.01. The first-order chi connectivity index (χ1) is 13.0. The summed E-state index contributed by atoms with van der Waals surface area (Å²) in [5.74, 6) is 2.25. The van der Waals surface area contributed by atoms with Crippen LogP contribution in [0.5, 0.6) is 5.75 Å². The lowest BCUT2D eigenvalue weighted by atomic mass is 9.52. The van der Waals surface area contributed by atoms with Crippen LogP contribution in [0.1, 0.15) is 49.7 Å². The highest BCUT2D eigenvalue weighted by Gasteiger charge is 2.52. The maximum absolute atomic E-state index is 13.0. The van der Waals surface area contributed by atoms with E-state index in [0.29, 0.717) is 29.9 Å². The van der Waals surface area contributed by atoms with Gasteiger partial charge in [0.25, 0.3) is 0 Å². The molecule has 2 aromatic carbocycles. The summed E-state index contributed by atoms with van der Waals surface area (Å²) < 4.78 is 0. The molecular formula is C24H27NO2. The average molecular weight is 361 g/mol. The highest BCUT2D eigenvalue weighted by atomic mass is 16.3. The topological polar surface area (TPSA) is 40.5 Å². The number of fused-ring (bicyclic) bond motifs is 5. The van der Waals surface area contributed by atoms with Gasteiger partial charge in [0.05, 0.1) is 0 Å². The smallest absolute Gasteiger partial charge is 0.227 e. The number of piperidine rings is 1. The van der Waals surface area contributed by atoms with Crippen LogP contribution < -0.4 is 4.90 Å². The first kappa shape index (κ1) is 16.9. The Morgan fingerprint density at radius 1 is 1.11 bits per heavy atom. The predicted octanol–water partition coefficient (Wildman–Crippen LogP) is 4.89. The molecular weight excluding hydrogens is 334 g/mol. The summed E-state index contributed by atoms with van der Waals surface area (Å²) >= 11 is 0. The number of anilines is 1. The lowest BCUT2D eigenvalue weighted by molar-refractivity contribution is -0.126. The van der Waals surface area contributed by atoms with Crippen molar-refractivity contribution < 1.29 is 9.90 Å². The Hall–Kier alpha value is -2.29. The Balaban J connectivity index is 1.45. The number of aryl methyl sites for hydroxylation is 1. The Bertz CT molecular complexity index is 877. The van der Waals surface area contributed by atoms with Gasteiger partial charge in [-0.2, -0.15) is 0 Å². The molecule has 1 aliphatic heterocycles. The van der Waals surface area contributed by atoms with E-state index in [1.165, 1.54) is 17.5 Å². The number of hydrogen-bond donors (Lipinski definition) is 1. The molecule has 0 spiro atoms. The first-order valence-corrected chi connectivity index (χ1v) is 10.2. The van der Waals surface area contributed by atoms with E-state index in [9.17, 15) is 9.90 Å². The normalized spacial score (nSPS) is 32.4. The van der Waals surface area contributed by atoms with Crippen LogP contribution >= 0.6 is 0 Å². The van der Waals surface area contributed by atoms with E-state index in [2.05, 4.69) is 25.1 Å². The Morgan fingerprint density at radius 2 is 1.93 bits per heavy atom. The van der Waals surface area contributed by atoms with E-state index in [1.54, 1.807) is 0 Å². The van der Waals surface area contributed by atoms with Gasteiger partial charge in [0.1, 0.15) is 5.75 Å². The van der Waals surface area contributed by atoms with Gasteiger partial charge in [-0.05, 0) is 84.2 Å². The van der Waals surface area contributed by atoms with Crippen LogP contribution in [0.3, 0.4) is 0 Å². The van der Waals surface area contributed by atoms with Crippen LogP contribution in [0.2, 0.25) is 0 Å². The summed E-state index contributed by atoms with van der Waals surface area (Å²) in [6.45, 7) is 3.24. The van der Waals surface area contributed by atoms with E-state index in [-0.39, 0.29) is 11.3 Å². The molecule has 2 aromatic rings. The van der Waals surface area contributed by atoms with Crippen molar-refractivity contribution >= 4 is 11.6 Å². The number of phenolic OH excluding ortho intramolecular Hbond substituents is 1. The van der Waals surface area contributed by atoms with Gasteiger partial charge < -0.3 is 10.0 Å². The molecule has 27 heavy (non-hydrogen) atoms. The number of hydrogen-bond acceptors (Lipinski definition) is 2. The second kappa shape index (κ2) is 6.12. The van der Waals surface area contributed by atoms with Gasteiger partial charge >= 0.3 is 0 Å². The lowest BCUT2D eigenvalue weighted by Gasteiger charge is -2.55. The number of benzene rings is 2. The quantitative estimate of drug-likeness (QED) is 0.785. The fourth-order valence-electron chi connectivity index (χ4n) is 6.15. The summed E-state index contributed by atoms with van der Waals surface area (Å²) in [7, 11) is 0. The summed E-state index contributed by atoms with van der Waals surface area (Å²) in [6, 6.07) is 16.0. The maximum Gasteiger partial charge on any atom is 0.227 e. The first-order valence-electron chi connectivity index (χ1n) is 10.2. The highest BCUT2D eigenvalue weighted by molar-refractivity contribution is 5.94. The molecule has 0 aromatic heterocycles. The van der Waals surface area contributed by atoms with Crippen LogP contribution in [-0.4, -0.2) is 17.6 Å². The second-order valence-electron chi connectivity index (χ2n) is 9.01. The van der Waals surface area contributed by atoms with E-state index in [1.807, 2.05) is 35.2 Å². The number of phenols is 1. The van der Waals surface area contributed by atoms with Crippen LogP contribution in [0.25, 0.3) is 0 Å². The van der Waals surface area contributed by atoms with Gasteiger partial charge in [0, 0.05) is 18.7 Å². The molecule has 2 aliphatic carbocycles. The van der Waals surface area contributed by atoms with Gasteiger partial charge in [0.15, 0.2) is 0 Å². The van der Waals surface area contributed by atoms with Crippen molar-refractivity contribution in [2.24, 2.45) is 17.3 Å². The van der Waals surface area contributed by atoms with Gasteiger partial charge in [-0.3, -0.25) is 4.79 Å². The van der Waals surface area contributed by atoms with E-state index in [0.717, 1.165) is 31.5 Å². The largest absolute Gasteiger partial charge is 0.508 e. The molecule has 3 aliphatic rings. The van der Waals surface area contributed by atoms with Crippen molar-refractivity contribution in [2.75, 3.05) is 11.4 Å². The molecule has 0 unspecified atom stereocenters. The molecule has 1 amide bonds. The van der Waals surface area contributed by atoms with Gasteiger partial charge in [-0.1, -0.05) is 31.2 Å². The minimum atomic E-state index is 0.194. The number of para-hydroxylation sites is 1. The van der Waals surface area contributed by atoms with Gasteiger partial charge in [-0.15, -0.1) is 0 Å². The number of rotatable bonds is 1. The van der Waals surface area contributed by atoms with Crippen molar-refractivity contribution in [3.63, 3.8) is 0 Å². The number of carbonyl (C=O) groups excluding carboxylic acids is 1. The molecule has 1 saturated carbocycles. The Kier molecular flexibility index (Phi) is 3.82. The van der Waals surface area contributed by atoms with Crippen LogP contribution in [0.4, 0.5) is 5.69 Å². The fraction of sp³-hybridized carbons (Fsp3) is 0.458. The summed E-state index contributed by atoms with van der Waals surface area (Å²) in [5, 5.41) is 9.83. The van der Waals surface area contributed by atoms with Crippen molar-refractivity contribution in [3.05, 3.63) is 59.7 Å². The summed E-state index contributed by atoms with van der Waals surface area (Å²) in [5.41, 5.74) is 3.96. The molecule has 3 nitrogen and oxygen atoms in total. The van der Waals surface area contributed by atoms with E-state index in [4.69, 9.17) is 0 Å². The van der Waals surface area contributed by atoms with Crippen molar-refractivity contribution in [3.8, 4) is 5.75 Å². The number of amides is 1. The Morgan fingerprint density at radius 3 is 2.74 bits per heavy atom. The van der Waals surface area contributed by atoms with Crippen molar-refractivity contribution in [1.29, 1.82) is 0 Å². The monoisotopic (exact) mass is 361 g/mol. The van der Waals surface area contributed by atoms with Gasteiger partial charge in [-0.25, -0.2) is 0 Å². The molecule has 1 N–H and O–H groups in total. The number of nitrogens with zero attached hydrogens (tertiary/aromatic N) is 1. The summed E-state index contributed by atoms with van der Waals surface area (Å²) in [6.07, 6.45) is 5.18. The van der Waals surface area contributed by atoms with Crippen LogP contribution in [-0.2, 0) is 11.2 Å². The molecule has 1 heterocycles. The SMILES string of the molecule is C[C@]12CC[C@@H]3c4ccc(O)cc4CC[C@H]3[C@@H]1CC(=O)N(c1ccccc1)C2. The predicted molar refractivity (Wildman–Crippen MR) is 107 cm³/mol. The van der Waals surface area contributed by atoms with Crippen LogP contribution in [0.15, 0.2) is 48.5 Å². The lowest BCUT2D eigenvalue weighted by Crippen LogP contribution is -2.55. The van der Waals surface area contributed by atoms with E-state index < -0.39 is 0 Å². The zero-order valence-corrected chi connectivity index (χ0v) is 15.9. The third-order valence-electron chi connectivity index (χ3n) is 7.51. The van der Waals surface area contributed by atoms with Crippen LogP contribution in [0, 0.1) is 17.3 Å². The molecule has 1 saturated heterocycles. The third-order valence-corrected chi connectivity index (χ3v) is 7.51. The average Bonchev–Trinajstić information content (AvgIpc) is 2.68. The zero-order chi connectivity index (χ0) is 18.6. The molecule has 2 fully saturated rings. The summed E-state index contributed by atoms with van der Waals surface area (Å²) in [4.78, 5) is 15.1. The zero-order valence-electron chi connectivity index (χ0n) is 15.9. The molecule has 4 atom stereocenters. The fourth-order valence-corrected chi connectivity index (χ4v) is 6.15. The molecule has 3 heteroatoms. The standard InChI is InChI=1S/C24H27NO2/c1-24-12-11-20-19-10-8-18(26)13-16(19)7-9-21(20)22(24)14-23(27)25(15-24)17-5-3-2-4-6-17/h2-6,8,10,13,20-22,26H,7,9,11-12,14-15H2,1H3/t20-,21-,22+,24-/m1/s1. The minimum Gasteiger partial charge on any atom is -0.508 e. The number of aromatic hydroxyl groups is 1. The van der Waals surface area contributed by atoms with Crippen molar-refractivity contribution in [1.82, 2.24) is 0 Å². The molecule has 5 rings (SSSR count). The Labute approximate surface area is 161 Å². The highest BCUT2D eigenvalue weighted by Crippen LogP contribution is 2.57.